The number of methoxy groups -OCH3 is 1. The Balaban J connectivity index is 1.77. The lowest BCUT2D eigenvalue weighted by atomic mass is 9.91. The fourth-order valence-electron chi connectivity index (χ4n) is 3.86. The van der Waals surface area contributed by atoms with Crippen molar-refractivity contribution in [3.8, 4) is 5.75 Å². The highest BCUT2D eigenvalue weighted by atomic mass is 35.5. The quantitative estimate of drug-likeness (QED) is 0.771. The van der Waals surface area contributed by atoms with E-state index in [1.807, 2.05) is 55.5 Å². The Morgan fingerprint density at radius 1 is 1.32 bits per heavy atom. The highest BCUT2D eigenvalue weighted by Crippen LogP contribution is 2.36. The normalized spacial score (nSPS) is 16.0. The molecule has 1 aromatic heterocycles. The van der Waals surface area contributed by atoms with Crippen molar-refractivity contribution >= 4 is 42.8 Å². The van der Waals surface area contributed by atoms with Gasteiger partial charge in [-0.1, -0.05) is 23.7 Å². The molecule has 28 heavy (non-hydrogen) atoms. The minimum atomic E-state index is -1.30. The average Bonchev–Trinajstić information content (AvgIpc) is 3.29. The lowest BCUT2D eigenvalue weighted by Gasteiger charge is -2.30. The number of aromatic nitrogens is 1. The van der Waals surface area contributed by atoms with Crippen molar-refractivity contribution < 1.29 is 13.5 Å². The van der Waals surface area contributed by atoms with Crippen LogP contribution in [0.4, 0.5) is 4.32 Å². The number of ether oxygens (including phenoxy) is 1. The maximum Gasteiger partial charge on any atom is 0.533 e. The first-order valence-corrected chi connectivity index (χ1v) is 9.54. The Hall–Kier alpha value is -2.57. The van der Waals surface area contributed by atoms with Crippen LogP contribution in [0.3, 0.4) is 0 Å². The van der Waals surface area contributed by atoms with Crippen molar-refractivity contribution in [2.75, 3.05) is 13.7 Å². The Labute approximate surface area is 169 Å². The van der Waals surface area contributed by atoms with Crippen LogP contribution in [0.1, 0.15) is 28.9 Å². The molecule has 4 rings (SSSR count). The third-order valence-electron chi connectivity index (χ3n) is 5.09. The van der Waals surface area contributed by atoms with Gasteiger partial charge in [-0.05, 0) is 55.3 Å². The Kier molecular flexibility index (Phi) is 5.00. The molecule has 0 bridgehead atoms. The first-order valence-electron chi connectivity index (χ1n) is 9.16. The molecule has 143 valence electrons. The summed E-state index contributed by atoms with van der Waals surface area (Å²) in [5.74, 6) is 0.625. The zero-order chi connectivity index (χ0) is 19.8. The highest BCUT2D eigenvalue weighted by Gasteiger charge is 2.34. The van der Waals surface area contributed by atoms with Gasteiger partial charge in [0.2, 0.25) is 0 Å². The van der Waals surface area contributed by atoms with E-state index in [4.69, 9.17) is 22.1 Å². The van der Waals surface area contributed by atoms with E-state index in [0.29, 0.717) is 23.7 Å². The number of allylic oxidation sites excluding steroid dienone is 2. The molecule has 0 amide bonds. The van der Waals surface area contributed by atoms with Gasteiger partial charge >= 0.3 is 7.26 Å². The number of aryl methyl sites for hydroxylation is 1. The van der Waals surface area contributed by atoms with E-state index in [2.05, 4.69) is 0 Å². The van der Waals surface area contributed by atoms with Gasteiger partial charge in [0.15, 0.2) is 5.70 Å². The molecule has 1 radical (unpaired) electrons. The summed E-state index contributed by atoms with van der Waals surface area (Å²) in [6.07, 6.45) is 10.1. The average molecular weight is 397 g/mol. The second-order valence-corrected chi connectivity index (χ2v) is 7.23. The Morgan fingerprint density at radius 3 is 2.86 bits per heavy atom. The molecule has 7 heteroatoms. The van der Waals surface area contributed by atoms with Crippen molar-refractivity contribution in [2.45, 2.75) is 13.3 Å². The van der Waals surface area contributed by atoms with Gasteiger partial charge in [-0.25, -0.2) is 0 Å². The fourth-order valence-corrected chi connectivity index (χ4v) is 4.13. The minimum absolute atomic E-state index is 0.512. The van der Waals surface area contributed by atoms with E-state index in [1.165, 1.54) is 0 Å². The second kappa shape index (κ2) is 7.45. The van der Waals surface area contributed by atoms with Crippen molar-refractivity contribution in [2.24, 2.45) is 5.73 Å². The van der Waals surface area contributed by atoms with Gasteiger partial charge in [0.25, 0.3) is 0 Å². The van der Waals surface area contributed by atoms with Crippen LogP contribution >= 0.6 is 11.6 Å². The number of hydrogen-bond donors (Lipinski definition) is 1. The molecule has 0 spiro atoms. The van der Waals surface area contributed by atoms with Gasteiger partial charge in [0.05, 0.1) is 12.1 Å². The predicted molar refractivity (Wildman–Crippen MR) is 114 cm³/mol. The van der Waals surface area contributed by atoms with Gasteiger partial charge in [0.1, 0.15) is 12.0 Å². The molecule has 0 saturated heterocycles. The van der Waals surface area contributed by atoms with E-state index >= 15 is 4.32 Å². The molecule has 1 aromatic carbocycles. The molecule has 0 aliphatic carbocycles. The summed E-state index contributed by atoms with van der Waals surface area (Å²) in [5.41, 5.74) is 11.5. The summed E-state index contributed by atoms with van der Waals surface area (Å²) in [6.45, 7) is 2.52. The molecular weight excluding hydrogens is 376 g/mol. The Bertz CT molecular complexity index is 1070. The van der Waals surface area contributed by atoms with E-state index in [-0.39, 0.29) is 0 Å². The SMILES string of the molecule is COc1ccc(C=Cc2cc(C)c3n2[B-](F)[N+]2=CC=CC2=C3CCN)cc1Cl. The van der Waals surface area contributed by atoms with Crippen LogP contribution < -0.4 is 10.5 Å². The number of nitrogens with two attached hydrogens (primary N) is 1. The standard InChI is InChI=1S/C21H21BClFN3O/c1-14-12-16(7-5-15-6-8-20(28-2)18(23)13-15)27-21(14)17(9-10-25)19-4-3-11-26(19)22(27)24/h3-8,11-13H,9-10,25H2,1-2H3. The van der Waals surface area contributed by atoms with Gasteiger partial charge in [0, 0.05) is 29.1 Å². The summed E-state index contributed by atoms with van der Waals surface area (Å²) in [4.78, 5) is 0. The van der Waals surface area contributed by atoms with Crippen LogP contribution in [-0.4, -0.2) is 36.1 Å². The van der Waals surface area contributed by atoms with Crippen LogP contribution in [0.5, 0.6) is 5.75 Å². The maximum absolute atomic E-state index is 15.4. The Morgan fingerprint density at radius 2 is 2.14 bits per heavy atom. The minimum Gasteiger partial charge on any atom is -0.495 e. The molecule has 0 unspecified atom stereocenters. The fraction of sp³-hybridized carbons (Fsp3) is 0.190. The summed E-state index contributed by atoms with van der Waals surface area (Å²) in [7, 11) is 0.285. The number of rotatable bonds is 5. The molecule has 2 aromatic rings. The molecule has 2 N–H and O–H groups in total. The predicted octanol–water partition coefficient (Wildman–Crippen LogP) is 4.16. The van der Waals surface area contributed by atoms with E-state index < -0.39 is 7.26 Å². The van der Waals surface area contributed by atoms with Crippen LogP contribution in [0.25, 0.3) is 17.7 Å². The summed E-state index contributed by atoms with van der Waals surface area (Å²) in [6, 6.07) is 7.56. The lowest BCUT2D eigenvalue weighted by Crippen LogP contribution is -2.39. The third-order valence-corrected chi connectivity index (χ3v) is 5.39. The number of nitrogens with zero attached hydrogens (tertiary/aromatic N) is 2. The first-order chi connectivity index (χ1) is 13.5. The number of halogens is 2. The first kappa shape index (κ1) is 18.8. The van der Waals surface area contributed by atoms with Crippen LogP contribution in [0.2, 0.25) is 5.02 Å². The molecule has 4 nitrogen and oxygen atoms in total. The van der Waals surface area contributed by atoms with Crippen molar-refractivity contribution in [3.63, 3.8) is 0 Å². The van der Waals surface area contributed by atoms with Crippen LogP contribution in [-0.2, 0) is 0 Å². The third kappa shape index (κ3) is 3.03. The van der Waals surface area contributed by atoms with E-state index in [1.54, 1.807) is 22.3 Å². The molecule has 2 aliphatic rings. The largest absolute Gasteiger partial charge is 0.533 e. The molecule has 0 fully saturated rings. The molecular formula is C21H21BClFN3O. The zero-order valence-electron chi connectivity index (χ0n) is 15.8. The van der Waals surface area contributed by atoms with E-state index in [9.17, 15) is 0 Å². The zero-order valence-corrected chi connectivity index (χ0v) is 16.6. The molecule has 2 aliphatic heterocycles. The number of fused-ring (bicyclic) bond motifs is 2. The van der Waals surface area contributed by atoms with Crippen LogP contribution in [0.15, 0.2) is 42.1 Å². The molecule has 0 saturated carbocycles. The second-order valence-electron chi connectivity index (χ2n) is 6.83. The van der Waals surface area contributed by atoms with Gasteiger partial charge in [-0.15, -0.1) is 0 Å². The monoisotopic (exact) mass is 396 g/mol. The summed E-state index contributed by atoms with van der Waals surface area (Å²) < 4.78 is 24.0. The molecule has 3 heterocycles. The van der Waals surface area contributed by atoms with Gasteiger partial charge in [-0.3, -0.25) is 0 Å². The van der Waals surface area contributed by atoms with Crippen molar-refractivity contribution in [3.05, 3.63) is 69.7 Å². The highest BCUT2D eigenvalue weighted by molar-refractivity contribution is 6.43. The van der Waals surface area contributed by atoms with Crippen molar-refractivity contribution in [1.82, 2.24) is 4.48 Å². The van der Waals surface area contributed by atoms with Crippen molar-refractivity contribution in [1.29, 1.82) is 0 Å². The van der Waals surface area contributed by atoms with E-state index in [0.717, 1.165) is 33.8 Å². The van der Waals surface area contributed by atoms with Crippen LogP contribution in [0, 0.1) is 6.92 Å². The molecule has 0 atom stereocenters. The van der Waals surface area contributed by atoms with Gasteiger partial charge < -0.3 is 23.8 Å². The number of benzene rings is 1. The topological polar surface area (TPSA) is 43.2 Å². The maximum atomic E-state index is 15.4. The smallest absolute Gasteiger partial charge is 0.495 e. The summed E-state index contributed by atoms with van der Waals surface area (Å²) in [5, 5.41) is 0.539. The number of hydrogen-bond acceptors (Lipinski definition) is 2. The summed E-state index contributed by atoms with van der Waals surface area (Å²) >= 11 is 6.21. The van der Waals surface area contributed by atoms with Gasteiger partial charge in [-0.2, -0.15) is 0 Å². The lowest BCUT2D eigenvalue weighted by molar-refractivity contribution is -0.329.